The summed E-state index contributed by atoms with van der Waals surface area (Å²) in [6.45, 7) is 2.83. The molecule has 11 heteroatoms. The normalized spacial score (nSPS) is 18.9. The summed E-state index contributed by atoms with van der Waals surface area (Å²) >= 11 is 0. The minimum absolute atomic E-state index is 0.181. The van der Waals surface area contributed by atoms with E-state index in [-0.39, 0.29) is 50.1 Å². The highest BCUT2D eigenvalue weighted by molar-refractivity contribution is 5.97. The van der Waals surface area contributed by atoms with Gasteiger partial charge in [-0.05, 0) is 55.3 Å². The number of hydrogen-bond donors (Lipinski definition) is 1. The number of piperidine rings is 1. The number of nitrogens with one attached hydrogen (secondary N) is 1. The van der Waals surface area contributed by atoms with Gasteiger partial charge in [0.05, 0.1) is 39.0 Å². The average Bonchev–Trinajstić information content (AvgIpc) is 3.02. The zero-order valence-corrected chi connectivity index (χ0v) is 25.1. The summed E-state index contributed by atoms with van der Waals surface area (Å²) in [4.78, 5) is 42.7. The van der Waals surface area contributed by atoms with Crippen LogP contribution < -0.4 is 24.3 Å². The van der Waals surface area contributed by atoms with Crippen LogP contribution in [0.25, 0.3) is 0 Å². The van der Waals surface area contributed by atoms with E-state index in [4.69, 9.17) is 23.7 Å². The maximum atomic E-state index is 13.4. The molecule has 0 aromatic heterocycles. The number of likely N-dealkylation sites (N-methyl/N-ethyl adjacent to an activating group) is 1. The molecule has 1 fully saturated rings. The van der Waals surface area contributed by atoms with Gasteiger partial charge < -0.3 is 38.8 Å². The zero-order chi connectivity index (χ0) is 31.1. The topological polar surface area (TPSA) is 116 Å². The van der Waals surface area contributed by atoms with Crippen LogP contribution in [-0.2, 0) is 20.9 Å². The molecular formula is C33H37N3O8. The van der Waals surface area contributed by atoms with Crippen LogP contribution in [-0.4, -0.2) is 86.7 Å². The van der Waals surface area contributed by atoms with E-state index in [0.29, 0.717) is 53.9 Å². The largest absolute Gasteiger partial charge is 0.494 e. The summed E-state index contributed by atoms with van der Waals surface area (Å²) < 4.78 is 29.2. The van der Waals surface area contributed by atoms with E-state index in [2.05, 4.69) is 5.32 Å². The van der Waals surface area contributed by atoms with E-state index in [1.165, 1.54) is 12.0 Å². The number of fused-ring (bicyclic) bond motifs is 5. The maximum Gasteiger partial charge on any atom is 0.260 e. The number of benzene rings is 3. The van der Waals surface area contributed by atoms with Crippen LogP contribution in [0.15, 0.2) is 66.7 Å². The van der Waals surface area contributed by atoms with Crippen molar-refractivity contribution in [2.24, 2.45) is 0 Å². The molecule has 3 aromatic carbocycles. The summed E-state index contributed by atoms with van der Waals surface area (Å²) in [6, 6.07) is 19.1. The van der Waals surface area contributed by atoms with Crippen molar-refractivity contribution < 1.29 is 38.1 Å². The fourth-order valence-corrected chi connectivity index (χ4v) is 5.27. The van der Waals surface area contributed by atoms with Crippen molar-refractivity contribution >= 4 is 17.7 Å². The predicted molar refractivity (Wildman–Crippen MR) is 161 cm³/mol. The molecular weight excluding hydrogens is 566 g/mol. The van der Waals surface area contributed by atoms with Crippen LogP contribution in [0.2, 0.25) is 0 Å². The molecule has 1 N–H and O–H groups in total. The molecule has 0 spiro atoms. The number of hydrogen-bond acceptors (Lipinski definition) is 8. The number of amides is 3. The van der Waals surface area contributed by atoms with Gasteiger partial charge in [0.2, 0.25) is 5.91 Å². The van der Waals surface area contributed by atoms with Crippen LogP contribution in [0.5, 0.6) is 28.7 Å². The third kappa shape index (κ3) is 7.59. The van der Waals surface area contributed by atoms with Crippen LogP contribution in [0, 0.1) is 0 Å². The summed E-state index contributed by atoms with van der Waals surface area (Å²) in [7, 11) is 3.10. The Morgan fingerprint density at radius 2 is 1.82 bits per heavy atom. The lowest BCUT2D eigenvalue weighted by Crippen LogP contribution is -2.58. The van der Waals surface area contributed by atoms with Crippen LogP contribution in [0.3, 0.4) is 0 Å². The number of carbonyl (C=O) groups is 3. The van der Waals surface area contributed by atoms with Gasteiger partial charge in [-0.25, -0.2) is 0 Å². The van der Waals surface area contributed by atoms with Gasteiger partial charge >= 0.3 is 0 Å². The highest BCUT2D eigenvalue weighted by Gasteiger charge is 2.34. The van der Waals surface area contributed by atoms with Crippen molar-refractivity contribution in [2.45, 2.75) is 32.1 Å². The minimum Gasteiger partial charge on any atom is -0.494 e. The van der Waals surface area contributed by atoms with Crippen LogP contribution in [0.1, 0.15) is 29.3 Å². The number of methoxy groups -OCH3 is 1. The summed E-state index contributed by atoms with van der Waals surface area (Å²) in [6.07, 6.45) is 0.138. The second-order valence-electron chi connectivity index (χ2n) is 10.6. The van der Waals surface area contributed by atoms with Gasteiger partial charge in [-0.2, -0.15) is 0 Å². The lowest BCUT2D eigenvalue weighted by molar-refractivity contribution is -0.139. The molecule has 0 radical (unpaired) electrons. The Hall–Kier alpha value is -4.77. The Morgan fingerprint density at radius 1 is 1.00 bits per heavy atom. The van der Waals surface area contributed by atoms with Gasteiger partial charge in [0.1, 0.15) is 17.2 Å². The van der Waals surface area contributed by atoms with Crippen molar-refractivity contribution in [2.75, 3.05) is 47.0 Å². The lowest BCUT2D eigenvalue weighted by Gasteiger charge is -2.39. The van der Waals surface area contributed by atoms with E-state index in [0.717, 1.165) is 5.56 Å². The first-order valence-electron chi connectivity index (χ1n) is 14.6. The maximum absolute atomic E-state index is 13.4. The second kappa shape index (κ2) is 14.1. The number of likely N-dealkylation sites (tertiary alicyclic amines) is 1. The average molecular weight is 604 g/mol. The van der Waals surface area contributed by atoms with E-state index in [9.17, 15) is 14.4 Å². The fourth-order valence-electron chi connectivity index (χ4n) is 5.27. The first-order chi connectivity index (χ1) is 21.3. The Bertz CT molecular complexity index is 1500. The Morgan fingerprint density at radius 3 is 2.61 bits per heavy atom. The zero-order valence-electron chi connectivity index (χ0n) is 25.1. The fraction of sp³-hybridized carbons (Fsp3) is 0.364. The smallest absolute Gasteiger partial charge is 0.260 e. The van der Waals surface area contributed by atoms with Crippen molar-refractivity contribution in [3.63, 3.8) is 0 Å². The Balaban J connectivity index is 1.35. The van der Waals surface area contributed by atoms with E-state index in [1.54, 1.807) is 48.3 Å². The third-order valence-corrected chi connectivity index (χ3v) is 7.43. The first kappa shape index (κ1) is 30.7. The molecule has 0 aliphatic carbocycles. The summed E-state index contributed by atoms with van der Waals surface area (Å²) in [5, 5.41) is 3.01. The molecule has 2 atom stereocenters. The second-order valence-corrected chi connectivity index (χ2v) is 10.6. The number of rotatable bonds is 6. The van der Waals surface area contributed by atoms with Crippen LogP contribution in [0.4, 0.5) is 0 Å². The molecule has 0 saturated carbocycles. The van der Waals surface area contributed by atoms with Gasteiger partial charge in [0, 0.05) is 31.8 Å². The minimum atomic E-state index is -0.504. The predicted octanol–water partition coefficient (Wildman–Crippen LogP) is 3.65. The number of ether oxygens (including phenoxy) is 5. The quantitative estimate of drug-likeness (QED) is 0.454. The highest BCUT2D eigenvalue weighted by atomic mass is 16.5. The molecule has 44 heavy (non-hydrogen) atoms. The van der Waals surface area contributed by atoms with Crippen molar-refractivity contribution in [1.29, 1.82) is 0 Å². The van der Waals surface area contributed by atoms with Gasteiger partial charge in [-0.3, -0.25) is 14.4 Å². The molecule has 232 valence electrons. The molecule has 5 rings (SSSR count). The van der Waals surface area contributed by atoms with Crippen molar-refractivity contribution in [3.8, 4) is 28.7 Å². The first-order valence-corrected chi connectivity index (χ1v) is 14.6. The molecule has 4 bridgehead atoms. The lowest BCUT2D eigenvalue weighted by atomic mass is 10.0. The van der Waals surface area contributed by atoms with Crippen molar-refractivity contribution in [1.82, 2.24) is 15.1 Å². The SMILES string of the molecule is CCOc1cc2cc(c1)C(=O)N(C)CC(=O)N[C@H]1CN(C(=O)COc3ccccc3OC)CC[C@H]1OCc1cccc(c1)O2. The number of para-hydroxylation sites is 2. The summed E-state index contributed by atoms with van der Waals surface area (Å²) in [5.74, 6) is 1.55. The van der Waals surface area contributed by atoms with Gasteiger partial charge in [-0.1, -0.05) is 24.3 Å². The molecule has 3 aromatic rings. The molecule has 1 saturated heterocycles. The van der Waals surface area contributed by atoms with Crippen molar-refractivity contribution in [3.05, 3.63) is 77.9 Å². The highest BCUT2D eigenvalue weighted by Crippen LogP contribution is 2.30. The monoisotopic (exact) mass is 603 g/mol. The standard InChI is InChI=1S/C33H37N3O8/c1-4-41-25-15-23-16-26(17-25)44-24-9-7-8-22(14-24)20-42-28-12-13-36(18-27(28)34-31(37)19-35(2)33(23)39)32(38)21-43-30-11-6-5-10-29(30)40-3/h5-11,14-17,27-28H,4,12-13,18-21H2,1-3H3,(H,34,37)/t27-,28+/m0/s1. The van der Waals surface area contributed by atoms with Gasteiger partial charge in [0.25, 0.3) is 11.8 Å². The summed E-state index contributed by atoms with van der Waals surface area (Å²) in [5.41, 5.74) is 1.20. The van der Waals surface area contributed by atoms with E-state index in [1.807, 2.05) is 37.3 Å². The molecule has 0 unspecified atom stereocenters. The van der Waals surface area contributed by atoms with Crippen LogP contribution >= 0.6 is 0 Å². The molecule has 2 heterocycles. The number of carbonyl (C=O) groups excluding carboxylic acids is 3. The van der Waals surface area contributed by atoms with E-state index >= 15 is 0 Å². The number of nitrogens with zero attached hydrogens (tertiary/aromatic N) is 2. The molecule has 2 aliphatic rings. The molecule has 11 nitrogen and oxygen atoms in total. The van der Waals surface area contributed by atoms with Gasteiger partial charge in [0.15, 0.2) is 18.1 Å². The third-order valence-electron chi connectivity index (χ3n) is 7.43. The molecule has 2 aliphatic heterocycles. The Kier molecular flexibility index (Phi) is 9.86. The molecule has 3 amide bonds. The van der Waals surface area contributed by atoms with Gasteiger partial charge in [-0.15, -0.1) is 0 Å². The Labute approximate surface area is 256 Å². The van der Waals surface area contributed by atoms with E-state index < -0.39 is 6.04 Å².